The molecule has 1 atom stereocenters. The molecule has 0 saturated carbocycles. The van der Waals surface area contributed by atoms with Crippen LogP contribution in [0.3, 0.4) is 0 Å². The first-order valence-electron chi connectivity index (χ1n) is 10.1. The van der Waals surface area contributed by atoms with Crippen LogP contribution in [0.5, 0.6) is 0 Å². The van der Waals surface area contributed by atoms with Crippen molar-refractivity contribution in [1.82, 2.24) is 14.9 Å². The van der Waals surface area contributed by atoms with Crippen LogP contribution in [-0.2, 0) is 23.1 Å². The van der Waals surface area contributed by atoms with E-state index >= 15 is 0 Å². The molecular weight excluding hydrogens is 511 g/mol. The Labute approximate surface area is 197 Å². The van der Waals surface area contributed by atoms with Gasteiger partial charge in [0.1, 0.15) is 0 Å². The number of aliphatic imine (C=N–C) groups is 1. The van der Waals surface area contributed by atoms with Crippen molar-refractivity contribution in [2.24, 2.45) is 10.9 Å². The minimum Gasteiger partial charge on any atom is -0.352 e. The molecule has 1 unspecified atom stereocenters. The van der Waals surface area contributed by atoms with E-state index in [1.807, 2.05) is 30.3 Å². The fraction of sp³-hybridized carbons (Fsp3) is 0.409. The van der Waals surface area contributed by atoms with Crippen molar-refractivity contribution in [3.05, 3.63) is 65.7 Å². The van der Waals surface area contributed by atoms with E-state index in [-0.39, 0.29) is 24.0 Å². The van der Waals surface area contributed by atoms with Crippen LogP contribution in [0, 0.1) is 5.92 Å². The zero-order valence-corrected chi connectivity index (χ0v) is 20.7. The molecule has 2 N–H and O–H groups in total. The number of benzene rings is 2. The maximum Gasteiger partial charge on any atom is 0.243 e. The quantitative estimate of drug-likeness (QED) is 0.333. The van der Waals surface area contributed by atoms with Gasteiger partial charge in [-0.25, -0.2) is 8.42 Å². The van der Waals surface area contributed by atoms with E-state index in [1.165, 1.54) is 5.56 Å². The van der Waals surface area contributed by atoms with Gasteiger partial charge in [0.2, 0.25) is 10.0 Å². The normalized spacial score (nSPS) is 17.8. The maximum absolute atomic E-state index is 12.9. The van der Waals surface area contributed by atoms with Crippen LogP contribution in [0.25, 0.3) is 0 Å². The van der Waals surface area contributed by atoms with E-state index < -0.39 is 10.0 Å². The van der Waals surface area contributed by atoms with Gasteiger partial charge in [0.25, 0.3) is 0 Å². The number of hydrogen-bond donors (Lipinski definition) is 2. The van der Waals surface area contributed by atoms with E-state index in [0.29, 0.717) is 43.0 Å². The predicted octanol–water partition coefficient (Wildman–Crippen LogP) is 3.59. The summed E-state index contributed by atoms with van der Waals surface area (Å²) in [5, 5.41) is 6.54. The zero-order valence-electron chi connectivity index (χ0n) is 17.5. The molecule has 1 heterocycles. The molecule has 0 aliphatic carbocycles. The van der Waals surface area contributed by atoms with Crippen molar-refractivity contribution in [1.29, 1.82) is 0 Å². The summed E-state index contributed by atoms with van der Waals surface area (Å²) in [6.45, 7) is 4.57. The molecule has 1 aliphatic rings. The molecule has 6 nitrogen and oxygen atoms in total. The lowest BCUT2D eigenvalue weighted by atomic mass is 10.0. The lowest BCUT2D eigenvalue weighted by molar-refractivity contribution is 0.281. The second kappa shape index (κ2) is 11.7. The first kappa shape index (κ1) is 24.6. The number of piperidine rings is 1. The molecule has 0 aromatic heterocycles. The van der Waals surface area contributed by atoms with Gasteiger partial charge in [0.15, 0.2) is 5.96 Å². The summed E-state index contributed by atoms with van der Waals surface area (Å²) < 4.78 is 27.3. The first-order valence-corrected chi connectivity index (χ1v) is 11.5. The Kier molecular flexibility index (Phi) is 9.57. The highest BCUT2D eigenvalue weighted by molar-refractivity contribution is 14.0. The third-order valence-electron chi connectivity index (χ3n) is 5.17. The second-order valence-corrected chi connectivity index (χ2v) is 9.46. The monoisotopic (exact) mass is 542 g/mol. The summed E-state index contributed by atoms with van der Waals surface area (Å²) in [5.74, 6) is 1.12. The molecule has 1 aliphatic heterocycles. The number of sulfonamides is 1. The molecule has 1 saturated heterocycles. The smallest absolute Gasteiger partial charge is 0.243 e. The highest BCUT2D eigenvalue weighted by Crippen LogP contribution is 2.23. The van der Waals surface area contributed by atoms with E-state index in [1.54, 1.807) is 23.5 Å². The number of nitrogens with zero attached hydrogens (tertiary/aromatic N) is 2. The van der Waals surface area contributed by atoms with E-state index in [2.05, 4.69) is 34.7 Å². The van der Waals surface area contributed by atoms with Gasteiger partial charge in [-0.3, -0.25) is 4.99 Å². The molecule has 2 aromatic carbocycles. The Balaban J connectivity index is 0.00000320. The average Bonchev–Trinajstić information content (AvgIpc) is 2.75. The molecule has 1 fully saturated rings. The Hall–Kier alpha value is -1.65. The fourth-order valence-electron chi connectivity index (χ4n) is 3.48. The first-order chi connectivity index (χ1) is 14.0. The molecule has 2 aromatic rings. The zero-order chi connectivity index (χ0) is 20.7. The van der Waals surface area contributed by atoms with Crippen molar-refractivity contribution in [2.45, 2.75) is 37.8 Å². The maximum atomic E-state index is 12.9. The fourth-order valence-corrected chi connectivity index (χ4v) is 5.08. The van der Waals surface area contributed by atoms with Crippen molar-refractivity contribution in [3.8, 4) is 0 Å². The van der Waals surface area contributed by atoms with Crippen LogP contribution >= 0.6 is 24.0 Å². The Morgan fingerprint density at radius 3 is 2.20 bits per heavy atom. The molecule has 0 amide bonds. The van der Waals surface area contributed by atoms with Crippen LogP contribution in [0.1, 0.15) is 30.9 Å². The van der Waals surface area contributed by atoms with Gasteiger partial charge in [-0.15, -0.1) is 24.0 Å². The van der Waals surface area contributed by atoms with E-state index in [0.717, 1.165) is 18.4 Å². The Bertz CT molecular complexity index is 918. The largest absolute Gasteiger partial charge is 0.352 e. The van der Waals surface area contributed by atoms with Gasteiger partial charge in [-0.1, -0.05) is 49.4 Å². The second-order valence-electron chi connectivity index (χ2n) is 7.52. The minimum atomic E-state index is -3.41. The van der Waals surface area contributed by atoms with Crippen molar-refractivity contribution in [3.63, 3.8) is 0 Å². The van der Waals surface area contributed by atoms with Gasteiger partial charge in [-0.2, -0.15) is 4.31 Å². The summed E-state index contributed by atoms with van der Waals surface area (Å²) in [7, 11) is -1.68. The van der Waals surface area contributed by atoms with Gasteiger partial charge >= 0.3 is 0 Å². The third kappa shape index (κ3) is 6.68. The third-order valence-corrected chi connectivity index (χ3v) is 7.05. The molecule has 8 heteroatoms. The summed E-state index contributed by atoms with van der Waals surface area (Å²) >= 11 is 0. The number of guanidine groups is 1. The molecular formula is C22H31IN4O2S. The topological polar surface area (TPSA) is 73.8 Å². The lowest BCUT2D eigenvalue weighted by Crippen LogP contribution is -2.39. The van der Waals surface area contributed by atoms with Crippen LogP contribution in [-0.4, -0.2) is 38.8 Å². The predicted molar refractivity (Wildman–Crippen MR) is 132 cm³/mol. The molecule has 0 bridgehead atoms. The van der Waals surface area contributed by atoms with Crippen LogP contribution in [0.4, 0.5) is 0 Å². The summed E-state index contributed by atoms with van der Waals surface area (Å²) in [5.41, 5.74) is 2.18. The number of hydrogen-bond acceptors (Lipinski definition) is 3. The summed E-state index contributed by atoms with van der Waals surface area (Å²) in [6, 6.07) is 17.2. The van der Waals surface area contributed by atoms with Crippen molar-refractivity contribution in [2.75, 3.05) is 20.1 Å². The lowest BCUT2D eigenvalue weighted by Gasteiger charge is -2.30. The van der Waals surface area contributed by atoms with Gasteiger partial charge < -0.3 is 10.6 Å². The standard InChI is InChI=1S/C22H30N4O2S.HI/c1-18-7-6-14-26(17-18)29(27,28)21-12-10-20(11-13-21)16-25-22(23-2)24-15-19-8-4-3-5-9-19;/h3-5,8-13,18H,6-7,14-17H2,1-2H3,(H2,23,24,25);1H. The Morgan fingerprint density at radius 1 is 1.03 bits per heavy atom. The Morgan fingerprint density at radius 2 is 1.63 bits per heavy atom. The minimum absolute atomic E-state index is 0. The number of halogens is 1. The van der Waals surface area contributed by atoms with Crippen molar-refractivity contribution >= 4 is 40.0 Å². The van der Waals surface area contributed by atoms with Gasteiger partial charge in [-0.05, 0) is 42.0 Å². The van der Waals surface area contributed by atoms with Crippen LogP contribution < -0.4 is 10.6 Å². The highest BCUT2D eigenvalue weighted by atomic mass is 127. The van der Waals surface area contributed by atoms with Gasteiger partial charge in [0.05, 0.1) is 4.90 Å². The van der Waals surface area contributed by atoms with Crippen LogP contribution in [0.15, 0.2) is 64.5 Å². The summed E-state index contributed by atoms with van der Waals surface area (Å²) in [4.78, 5) is 4.60. The van der Waals surface area contributed by atoms with E-state index in [9.17, 15) is 8.42 Å². The molecule has 30 heavy (non-hydrogen) atoms. The highest BCUT2D eigenvalue weighted by Gasteiger charge is 2.28. The molecule has 0 radical (unpaired) electrons. The van der Waals surface area contributed by atoms with Crippen molar-refractivity contribution < 1.29 is 8.42 Å². The van der Waals surface area contributed by atoms with E-state index in [4.69, 9.17) is 0 Å². The SMILES string of the molecule is CN=C(NCc1ccccc1)NCc1ccc(S(=O)(=O)N2CCCC(C)C2)cc1.I. The van der Waals surface area contributed by atoms with Gasteiger partial charge in [0, 0.05) is 33.2 Å². The molecule has 3 rings (SSSR count). The van der Waals surface area contributed by atoms with Crippen LogP contribution in [0.2, 0.25) is 0 Å². The molecule has 164 valence electrons. The molecule has 0 spiro atoms. The number of nitrogens with one attached hydrogen (secondary N) is 2. The number of rotatable bonds is 6. The average molecular weight is 542 g/mol. The summed E-state index contributed by atoms with van der Waals surface area (Å²) in [6.07, 6.45) is 2.02.